The maximum Gasteiger partial charge on any atom is 0.175 e. The van der Waals surface area contributed by atoms with Crippen molar-refractivity contribution in [3.8, 4) is 22.4 Å². The molecule has 0 fully saturated rings. The topological polar surface area (TPSA) is 72.2 Å². The quantitative estimate of drug-likeness (QED) is 0.737. The van der Waals surface area contributed by atoms with Crippen LogP contribution in [0.2, 0.25) is 0 Å². The Morgan fingerprint density at radius 1 is 1.00 bits per heavy atom. The van der Waals surface area contributed by atoms with Crippen molar-refractivity contribution in [1.29, 1.82) is 0 Å². The highest BCUT2D eigenvalue weighted by Gasteiger charge is 2.08. The summed E-state index contributed by atoms with van der Waals surface area (Å²) in [6, 6.07) is 16.8. The molecule has 2 aromatic carbocycles. The molecule has 25 heavy (non-hydrogen) atoms. The van der Waals surface area contributed by atoms with Crippen LogP contribution in [0.5, 0.6) is 0 Å². The lowest BCUT2D eigenvalue weighted by Gasteiger charge is -2.06. The number of aliphatic hydroxyl groups excluding tert-OH is 1. The molecule has 130 valence electrons. The summed E-state index contributed by atoms with van der Waals surface area (Å²) >= 11 is 0. The van der Waals surface area contributed by atoms with Gasteiger partial charge in [-0.15, -0.1) is 0 Å². The van der Waals surface area contributed by atoms with Crippen molar-refractivity contribution in [3.05, 3.63) is 60.8 Å². The van der Waals surface area contributed by atoms with Crippen LogP contribution in [0, 0.1) is 0 Å². The molecule has 1 N–H and O–H groups in total. The van der Waals surface area contributed by atoms with E-state index in [1.165, 1.54) is 6.26 Å². The van der Waals surface area contributed by atoms with Gasteiger partial charge in [-0.05, 0) is 41.8 Å². The summed E-state index contributed by atoms with van der Waals surface area (Å²) in [6.07, 6.45) is 3.78. The molecule has 5 nitrogen and oxygen atoms in total. The van der Waals surface area contributed by atoms with Crippen molar-refractivity contribution in [3.63, 3.8) is 0 Å². The third kappa shape index (κ3) is 4.15. The molecule has 0 atom stereocenters. The summed E-state index contributed by atoms with van der Waals surface area (Å²) in [4.78, 5) is 0.315. The number of hydrogen-bond donors (Lipinski definition) is 1. The number of nitrogens with zero attached hydrogens (tertiary/aromatic N) is 2. The maximum absolute atomic E-state index is 11.6. The van der Waals surface area contributed by atoms with Crippen LogP contribution in [-0.2, 0) is 16.4 Å². The standard InChI is InChI=1S/C19H20N2O3S/c1-25(23,24)18-8-6-15(7-9-18)16-4-2-5-17(14-16)19-10-12-21(20-19)11-3-13-22/h2,4-10,12,14,22H,3,11,13H2,1H3. The van der Waals surface area contributed by atoms with Gasteiger partial charge in [-0.25, -0.2) is 8.42 Å². The summed E-state index contributed by atoms with van der Waals surface area (Å²) in [6.45, 7) is 0.831. The van der Waals surface area contributed by atoms with Gasteiger partial charge in [-0.2, -0.15) is 5.10 Å². The Bertz CT molecular complexity index is 960. The summed E-state index contributed by atoms with van der Waals surface area (Å²) in [5, 5.41) is 13.4. The van der Waals surface area contributed by atoms with Crippen LogP contribution in [0.25, 0.3) is 22.4 Å². The Kier molecular flexibility index (Phi) is 5.01. The fraction of sp³-hybridized carbons (Fsp3) is 0.211. The Morgan fingerprint density at radius 3 is 2.40 bits per heavy atom. The minimum absolute atomic E-state index is 0.147. The monoisotopic (exact) mass is 356 g/mol. The number of rotatable bonds is 6. The van der Waals surface area contributed by atoms with Crippen LogP contribution in [0.4, 0.5) is 0 Å². The molecule has 1 heterocycles. The molecule has 0 saturated heterocycles. The lowest BCUT2D eigenvalue weighted by molar-refractivity contribution is 0.277. The number of aryl methyl sites for hydroxylation is 1. The van der Waals surface area contributed by atoms with E-state index in [4.69, 9.17) is 5.11 Å². The van der Waals surface area contributed by atoms with E-state index in [0.717, 1.165) is 22.4 Å². The van der Waals surface area contributed by atoms with Gasteiger partial charge in [0.05, 0.1) is 10.6 Å². The first kappa shape index (κ1) is 17.4. The highest BCUT2D eigenvalue weighted by molar-refractivity contribution is 7.90. The summed E-state index contributed by atoms with van der Waals surface area (Å²) < 4.78 is 25.0. The largest absolute Gasteiger partial charge is 0.396 e. The first-order chi connectivity index (χ1) is 12.0. The van der Waals surface area contributed by atoms with E-state index < -0.39 is 9.84 Å². The second-order valence-corrected chi connectivity index (χ2v) is 7.93. The Labute approximate surface area is 147 Å². The van der Waals surface area contributed by atoms with E-state index in [9.17, 15) is 8.42 Å². The second kappa shape index (κ2) is 7.21. The van der Waals surface area contributed by atoms with E-state index in [2.05, 4.69) is 5.10 Å². The average Bonchev–Trinajstić information content (AvgIpc) is 3.08. The molecule has 3 rings (SSSR count). The Morgan fingerprint density at radius 2 is 1.72 bits per heavy atom. The van der Waals surface area contributed by atoms with Gasteiger partial charge in [-0.3, -0.25) is 4.68 Å². The maximum atomic E-state index is 11.6. The van der Waals surface area contributed by atoms with Crippen molar-refractivity contribution in [2.45, 2.75) is 17.9 Å². The molecule has 0 unspecified atom stereocenters. The second-order valence-electron chi connectivity index (χ2n) is 5.92. The van der Waals surface area contributed by atoms with Gasteiger partial charge in [-0.1, -0.05) is 30.3 Å². The normalized spacial score (nSPS) is 11.6. The number of benzene rings is 2. The lowest BCUT2D eigenvalue weighted by atomic mass is 10.0. The third-order valence-corrected chi connectivity index (χ3v) is 5.09. The van der Waals surface area contributed by atoms with Gasteiger partial charge < -0.3 is 5.11 Å². The lowest BCUT2D eigenvalue weighted by Crippen LogP contribution is -2.00. The highest BCUT2D eigenvalue weighted by atomic mass is 32.2. The van der Waals surface area contributed by atoms with E-state index in [-0.39, 0.29) is 6.61 Å². The van der Waals surface area contributed by atoms with Crippen molar-refractivity contribution in [2.24, 2.45) is 0 Å². The SMILES string of the molecule is CS(=O)(=O)c1ccc(-c2cccc(-c3ccn(CCCO)n3)c2)cc1. The summed E-state index contributed by atoms with van der Waals surface area (Å²) in [7, 11) is -3.19. The zero-order valence-electron chi connectivity index (χ0n) is 14.0. The molecular formula is C19H20N2O3S. The van der Waals surface area contributed by atoms with Crippen molar-refractivity contribution in [1.82, 2.24) is 9.78 Å². The van der Waals surface area contributed by atoms with Crippen LogP contribution in [-0.4, -0.2) is 36.2 Å². The van der Waals surface area contributed by atoms with Gasteiger partial charge in [0.1, 0.15) is 0 Å². The molecule has 0 aliphatic heterocycles. The molecule has 1 aromatic heterocycles. The summed E-state index contributed by atoms with van der Waals surface area (Å²) in [5.41, 5.74) is 3.82. The molecule has 3 aromatic rings. The number of hydrogen-bond acceptors (Lipinski definition) is 4. The number of aliphatic hydroxyl groups is 1. The van der Waals surface area contributed by atoms with E-state index in [1.54, 1.807) is 12.1 Å². The van der Waals surface area contributed by atoms with Gasteiger partial charge >= 0.3 is 0 Å². The molecular weight excluding hydrogens is 336 g/mol. The molecule has 0 bridgehead atoms. The van der Waals surface area contributed by atoms with E-state index in [1.807, 2.05) is 53.3 Å². The molecule has 0 spiro atoms. The van der Waals surface area contributed by atoms with Gasteiger partial charge in [0.15, 0.2) is 9.84 Å². The average molecular weight is 356 g/mol. The van der Waals surface area contributed by atoms with Gasteiger partial charge in [0.25, 0.3) is 0 Å². The number of sulfone groups is 1. The Hall–Kier alpha value is -2.44. The summed E-state index contributed by atoms with van der Waals surface area (Å²) in [5.74, 6) is 0. The minimum atomic E-state index is -3.19. The third-order valence-electron chi connectivity index (χ3n) is 3.96. The van der Waals surface area contributed by atoms with E-state index in [0.29, 0.717) is 17.9 Å². The fourth-order valence-electron chi connectivity index (χ4n) is 2.63. The molecule has 0 saturated carbocycles. The van der Waals surface area contributed by atoms with E-state index >= 15 is 0 Å². The predicted octanol–water partition coefficient (Wildman–Crippen LogP) is 3.00. The van der Waals surface area contributed by atoms with Crippen LogP contribution in [0.1, 0.15) is 6.42 Å². The van der Waals surface area contributed by atoms with Crippen molar-refractivity contribution < 1.29 is 13.5 Å². The highest BCUT2D eigenvalue weighted by Crippen LogP contribution is 2.26. The predicted molar refractivity (Wildman–Crippen MR) is 97.9 cm³/mol. The Balaban J connectivity index is 1.87. The molecule has 0 radical (unpaired) electrons. The molecule has 0 aliphatic rings. The van der Waals surface area contributed by atoms with Crippen LogP contribution >= 0.6 is 0 Å². The first-order valence-electron chi connectivity index (χ1n) is 8.02. The fourth-order valence-corrected chi connectivity index (χ4v) is 3.26. The smallest absolute Gasteiger partial charge is 0.175 e. The molecule has 0 aliphatic carbocycles. The zero-order valence-corrected chi connectivity index (χ0v) is 14.8. The van der Waals surface area contributed by atoms with Crippen molar-refractivity contribution >= 4 is 9.84 Å². The van der Waals surface area contributed by atoms with Crippen LogP contribution in [0.15, 0.2) is 65.7 Å². The van der Waals surface area contributed by atoms with Crippen molar-refractivity contribution in [2.75, 3.05) is 12.9 Å². The van der Waals surface area contributed by atoms with Crippen LogP contribution < -0.4 is 0 Å². The van der Waals surface area contributed by atoms with Gasteiger partial charge in [0.2, 0.25) is 0 Å². The zero-order chi connectivity index (χ0) is 17.9. The number of aromatic nitrogens is 2. The minimum Gasteiger partial charge on any atom is -0.396 e. The molecule has 6 heteroatoms. The first-order valence-corrected chi connectivity index (χ1v) is 9.92. The molecule has 0 amide bonds. The van der Waals surface area contributed by atoms with Crippen LogP contribution in [0.3, 0.4) is 0 Å². The van der Waals surface area contributed by atoms with Gasteiger partial charge in [0, 0.05) is 31.2 Å².